The van der Waals surface area contributed by atoms with Crippen molar-refractivity contribution >= 4 is 5.52 Å². The molecule has 28 heavy (non-hydrogen) atoms. The summed E-state index contributed by atoms with van der Waals surface area (Å²) in [6.07, 6.45) is 12.2. The van der Waals surface area contributed by atoms with Crippen LogP contribution in [0.15, 0.2) is 49.1 Å². The number of aromatic nitrogens is 2. The van der Waals surface area contributed by atoms with Gasteiger partial charge in [-0.05, 0) is 79.5 Å². The minimum Gasteiger partial charge on any atom is -0.496 e. The molecule has 0 radical (unpaired) electrons. The standard InChI is InChI=1S/C24H28N2O2/c1-28-22-5-3-2-4-19(22)16-8-10-18(11-9-16)24(27)23-20(17-6-7-17)12-13-26-15-25-14-21(23)26/h2-5,12-18,24,27H,6-11H2,1H3/t16-,18-,24-/m0/s1. The Labute approximate surface area is 166 Å². The van der Waals surface area contributed by atoms with Gasteiger partial charge < -0.3 is 14.2 Å². The van der Waals surface area contributed by atoms with Gasteiger partial charge >= 0.3 is 0 Å². The monoisotopic (exact) mass is 376 g/mol. The number of benzene rings is 1. The van der Waals surface area contributed by atoms with Gasteiger partial charge in [-0.3, -0.25) is 0 Å². The molecule has 4 nitrogen and oxygen atoms in total. The number of ether oxygens (including phenoxy) is 1. The summed E-state index contributed by atoms with van der Waals surface area (Å²) in [5.74, 6) is 2.44. The highest BCUT2D eigenvalue weighted by molar-refractivity contribution is 5.59. The van der Waals surface area contributed by atoms with Crippen LogP contribution in [-0.2, 0) is 0 Å². The van der Waals surface area contributed by atoms with E-state index in [1.165, 1.54) is 24.0 Å². The molecule has 2 heterocycles. The first-order valence-corrected chi connectivity index (χ1v) is 10.5. The lowest BCUT2D eigenvalue weighted by Crippen LogP contribution is -2.21. The number of hydrogen-bond donors (Lipinski definition) is 1. The molecule has 2 fully saturated rings. The zero-order valence-corrected chi connectivity index (χ0v) is 16.4. The summed E-state index contributed by atoms with van der Waals surface area (Å²) < 4.78 is 7.62. The summed E-state index contributed by atoms with van der Waals surface area (Å²) in [4.78, 5) is 4.32. The highest BCUT2D eigenvalue weighted by atomic mass is 16.5. The maximum Gasteiger partial charge on any atom is 0.122 e. The van der Waals surface area contributed by atoms with E-state index in [0.29, 0.717) is 17.8 Å². The fraction of sp³-hybridized carbons (Fsp3) is 0.458. The number of imidazole rings is 1. The first-order valence-electron chi connectivity index (χ1n) is 10.5. The van der Waals surface area contributed by atoms with Gasteiger partial charge in [0.2, 0.25) is 0 Å². The van der Waals surface area contributed by atoms with Gasteiger partial charge in [-0.25, -0.2) is 4.98 Å². The molecule has 0 spiro atoms. The molecule has 1 N–H and O–H groups in total. The van der Waals surface area contributed by atoms with Crippen LogP contribution in [0.25, 0.3) is 5.52 Å². The number of nitrogens with zero attached hydrogens (tertiary/aromatic N) is 2. The Bertz CT molecular complexity index is 968. The SMILES string of the molecule is COc1ccccc1[C@H]1CC[C@H]([C@H](O)c2c(C3CC3)ccn3cncc23)CC1. The van der Waals surface area contributed by atoms with Crippen LogP contribution in [0.4, 0.5) is 0 Å². The molecule has 5 rings (SSSR count). The summed E-state index contributed by atoms with van der Waals surface area (Å²) in [5.41, 5.74) is 4.86. The third-order valence-electron chi connectivity index (χ3n) is 6.78. The Balaban J connectivity index is 1.38. The maximum atomic E-state index is 11.4. The number of fused-ring (bicyclic) bond motifs is 1. The van der Waals surface area contributed by atoms with Crippen LogP contribution in [0.5, 0.6) is 5.75 Å². The maximum absolute atomic E-state index is 11.4. The minimum absolute atomic E-state index is 0.310. The molecule has 0 aliphatic heterocycles. The Morgan fingerprint density at radius 1 is 1.00 bits per heavy atom. The van der Waals surface area contributed by atoms with E-state index in [1.807, 2.05) is 23.0 Å². The van der Waals surface area contributed by atoms with Crippen molar-refractivity contribution in [3.8, 4) is 5.75 Å². The summed E-state index contributed by atoms with van der Waals surface area (Å²) in [7, 11) is 1.75. The Hall–Kier alpha value is -2.33. The average molecular weight is 377 g/mol. The number of methoxy groups -OCH3 is 1. The lowest BCUT2D eigenvalue weighted by Gasteiger charge is -2.33. The van der Waals surface area contributed by atoms with Gasteiger partial charge in [0.15, 0.2) is 0 Å². The average Bonchev–Trinajstić information content (AvgIpc) is 3.49. The molecule has 0 saturated heterocycles. The van der Waals surface area contributed by atoms with Gasteiger partial charge in [-0.15, -0.1) is 0 Å². The Morgan fingerprint density at radius 3 is 2.46 bits per heavy atom. The first-order chi connectivity index (χ1) is 13.8. The smallest absolute Gasteiger partial charge is 0.122 e. The van der Waals surface area contributed by atoms with E-state index in [0.717, 1.165) is 42.5 Å². The Kier molecular flexibility index (Phi) is 4.59. The van der Waals surface area contributed by atoms with Crippen molar-refractivity contribution in [3.05, 3.63) is 65.7 Å². The molecule has 1 atom stereocenters. The quantitative estimate of drug-likeness (QED) is 0.663. The third kappa shape index (κ3) is 3.10. The number of aliphatic hydroxyl groups is 1. The number of pyridine rings is 1. The molecule has 2 aromatic heterocycles. The van der Waals surface area contributed by atoms with E-state index < -0.39 is 6.10 Å². The second-order valence-corrected chi connectivity index (χ2v) is 8.44. The van der Waals surface area contributed by atoms with Crippen molar-refractivity contribution in [2.45, 2.75) is 56.5 Å². The van der Waals surface area contributed by atoms with Crippen LogP contribution in [0, 0.1) is 5.92 Å². The van der Waals surface area contributed by atoms with Gasteiger partial charge in [-0.1, -0.05) is 18.2 Å². The fourth-order valence-electron chi connectivity index (χ4n) is 5.09. The molecular formula is C24H28N2O2. The van der Waals surface area contributed by atoms with E-state index in [4.69, 9.17) is 4.74 Å². The topological polar surface area (TPSA) is 46.8 Å². The molecular weight excluding hydrogens is 348 g/mol. The van der Waals surface area contributed by atoms with Crippen molar-refractivity contribution in [2.24, 2.45) is 5.92 Å². The molecule has 2 aliphatic carbocycles. The molecule has 2 aliphatic rings. The third-order valence-corrected chi connectivity index (χ3v) is 6.78. The molecule has 4 heteroatoms. The molecule has 0 unspecified atom stereocenters. The summed E-state index contributed by atoms with van der Waals surface area (Å²) in [6, 6.07) is 10.6. The minimum atomic E-state index is -0.408. The van der Waals surface area contributed by atoms with E-state index in [2.05, 4.69) is 35.4 Å². The highest BCUT2D eigenvalue weighted by Gasteiger charge is 2.34. The first kappa shape index (κ1) is 17.7. The van der Waals surface area contributed by atoms with Crippen molar-refractivity contribution in [2.75, 3.05) is 7.11 Å². The molecule has 3 aromatic rings. The second kappa shape index (κ2) is 7.25. The number of aliphatic hydroxyl groups excluding tert-OH is 1. The van der Waals surface area contributed by atoms with E-state index in [-0.39, 0.29) is 0 Å². The summed E-state index contributed by atoms with van der Waals surface area (Å²) in [6.45, 7) is 0. The molecule has 0 bridgehead atoms. The molecule has 1 aromatic carbocycles. The number of para-hydroxylation sites is 1. The fourth-order valence-corrected chi connectivity index (χ4v) is 5.09. The summed E-state index contributed by atoms with van der Waals surface area (Å²) >= 11 is 0. The largest absolute Gasteiger partial charge is 0.496 e. The van der Waals surface area contributed by atoms with Crippen LogP contribution in [-0.4, -0.2) is 21.6 Å². The van der Waals surface area contributed by atoms with E-state index in [9.17, 15) is 5.11 Å². The molecule has 0 amide bonds. The zero-order valence-electron chi connectivity index (χ0n) is 16.4. The van der Waals surface area contributed by atoms with Gasteiger partial charge in [0, 0.05) is 11.8 Å². The van der Waals surface area contributed by atoms with Crippen LogP contribution in [0.2, 0.25) is 0 Å². The number of hydrogen-bond acceptors (Lipinski definition) is 3. The van der Waals surface area contributed by atoms with Crippen molar-refractivity contribution in [1.82, 2.24) is 9.38 Å². The van der Waals surface area contributed by atoms with Crippen molar-refractivity contribution in [1.29, 1.82) is 0 Å². The Morgan fingerprint density at radius 2 is 1.71 bits per heavy atom. The molecule has 2 saturated carbocycles. The van der Waals surface area contributed by atoms with Crippen molar-refractivity contribution in [3.63, 3.8) is 0 Å². The van der Waals surface area contributed by atoms with Gasteiger partial charge in [0.1, 0.15) is 5.75 Å². The van der Waals surface area contributed by atoms with Crippen LogP contribution in [0.1, 0.15) is 73.2 Å². The van der Waals surface area contributed by atoms with Gasteiger partial charge in [0.25, 0.3) is 0 Å². The van der Waals surface area contributed by atoms with Crippen LogP contribution >= 0.6 is 0 Å². The lowest BCUT2D eigenvalue weighted by atomic mass is 9.74. The predicted octanol–water partition coefficient (Wildman–Crippen LogP) is 5.23. The van der Waals surface area contributed by atoms with Gasteiger partial charge in [0.05, 0.1) is 31.3 Å². The van der Waals surface area contributed by atoms with E-state index in [1.54, 1.807) is 7.11 Å². The summed E-state index contributed by atoms with van der Waals surface area (Å²) in [5, 5.41) is 11.4. The van der Waals surface area contributed by atoms with Gasteiger partial charge in [-0.2, -0.15) is 0 Å². The van der Waals surface area contributed by atoms with Crippen LogP contribution < -0.4 is 4.74 Å². The molecule has 146 valence electrons. The predicted molar refractivity (Wildman–Crippen MR) is 110 cm³/mol. The second-order valence-electron chi connectivity index (χ2n) is 8.44. The normalized spacial score (nSPS) is 23.6. The highest BCUT2D eigenvalue weighted by Crippen LogP contribution is 2.48. The van der Waals surface area contributed by atoms with Crippen LogP contribution in [0.3, 0.4) is 0 Å². The van der Waals surface area contributed by atoms with E-state index >= 15 is 0 Å². The lowest BCUT2D eigenvalue weighted by molar-refractivity contribution is 0.0808. The van der Waals surface area contributed by atoms with Crippen molar-refractivity contribution < 1.29 is 9.84 Å². The number of rotatable bonds is 5. The zero-order chi connectivity index (χ0) is 19.1.